The van der Waals surface area contributed by atoms with E-state index in [0.29, 0.717) is 28.1 Å². The van der Waals surface area contributed by atoms with Crippen molar-refractivity contribution in [3.05, 3.63) is 137 Å². The number of nitrogens with zero attached hydrogens (tertiary/aromatic N) is 1. The van der Waals surface area contributed by atoms with Crippen molar-refractivity contribution in [3.8, 4) is 0 Å². The molecule has 7 nitrogen and oxygen atoms in total. The van der Waals surface area contributed by atoms with Crippen LogP contribution in [0.25, 0.3) is 6.08 Å². The van der Waals surface area contributed by atoms with E-state index in [9.17, 15) is 19.2 Å². The summed E-state index contributed by atoms with van der Waals surface area (Å²) < 4.78 is 0. The minimum Gasteiger partial charge on any atom is -0.321 e. The van der Waals surface area contributed by atoms with Crippen molar-refractivity contribution in [3.63, 3.8) is 0 Å². The predicted molar refractivity (Wildman–Crippen MR) is 161 cm³/mol. The van der Waals surface area contributed by atoms with Gasteiger partial charge in [-0.2, -0.15) is 0 Å². The second kappa shape index (κ2) is 12.5. The Kier molecular flexibility index (Phi) is 8.41. The topological polar surface area (TPSA) is 95.6 Å². The van der Waals surface area contributed by atoms with Crippen LogP contribution in [-0.4, -0.2) is 40.8 Å². The standard InChI is InChI=1S/C33H27N3O4S/c1-22-10-5-6-13-24(22)20-29(35-30(37)23-11-3-2-4-12-23)31(38)34-25-14-9-15-26(21-25)41-19-18-36-32(39)27-16-7-8-17-28(27)33(36)40/h2-17,20-21H,18-19H2,1H3,(H,34,38)(H,35,37)/b29-20-. The maximum atomic E-state index is 13.4. The first-order chi connectivity index (χ1) is 19.9. The Bertz CT molecular complexity index is 1630. The van der Waals surface area contributed by atoms with E-state index in [0.717, 1.165) is 16.0 Å². The van der Waals surface area contributed by atoms with Gasteiger partial charge in [0, 0.05) is 28.4 Å². The molecule has 0 unspecified atom stereocenters. The molecule has 0 bridgehead atoms. The first-order valence-corrected chi connectivity index (χ1v) is 14.0. The highest BCUT2D eigenvalue weighted by atomic mass is 32.2. The molecule has 4 aromatic carbocycles. The van der Waals surface area contributed by atoms with Gasteiger partial charge in [-0.15, -0.1) is 11.8 Å². The summed E-state index contributed by atoms with van der Waals surface area (Å²) >= 11 is 1.47. The number of fused-ring (bicyclic) bond motifs is 1. The fourth-order valence-electron chi connectivity index (χ4n) is 4.41. The van der Waals surface area contributed by atoms with Crippen molar-refractivity contribution < 1.29 is 19.2 Å². The number of nitrogens with one attached hydrogen (secondary N) is 2. The lowest BCUT2D eigenvalue weighted by atomic mass is 10.1. The maximum absolute atomic E-state index is 13.4. The van der Waals surface area contributed by atoms with E-state index >= 15 is 0 Å². The summed E-state index contributed by atoms with van der Waals surface area (Å²) in [5, 5.41) is 5.64. The molecule has 0 aromatic heterocycles. The Morgan fingerprint density at radius 2 is 1.46 bits per heavy atom. The Hall–Kier alpha value is -4.95. The van der Waals surface area contributed by atoms with E-state index in [-0.39, 0.29) is 24.1 Å². The van der Waals surface area contributed by atoms with Crippen molar-refractivity contribution in [1.82, 2.24) is 10.2 Å². The van der Waals surface area contributed by atoms with Gasteiger partial charge >= 0.3 is 0 Å². The van der Waals surface area contributed by atoms with Crippen LogP contribution in [0.4, 0.5) is 5.69 Å². The van der Waals surface area contributed by atoms with Crippen LogP contribution in [0, 0.1) is 6.92 Å². The molecule has 0 atom stereocenters. The highest BCUT2D eigenvalue weighted by molar-refractivity contribution is 7.99. The third-order valence-corrected chi connectivity index (χ3v) is 7.54. The molecule has 1 heterocycles. The zero-order valence-corrected chi connectivity index (χ0v) is 23.1. The van der Waals surface area contributed by atoms with Crippen molar-refractivity contribution in [2.45, 2.75) is 11.8 Å². The predicted octanol–water partition coefficient (Wildman–Crippen LogP) is 5.79. The van der Waals surface area contributed by atoms with Crippen molar-refractivity contribution in [1.29, 1.82) is 0 Å². The van der Waals surface area contributed by atoms with E-state index in [1.54, 1.807) is 60.7 Å². The fraction of sp³-hybridized carbons (Fsp3) is 0.0909. The zero-order valence-electron chi connectivity index (χ0n) is 22.3. The average molecular weight is 562 g/mol. The number of carbonyl (C=O) groups is 4. The molecule has 204 valence electrons. The van der Waals surface area contributed by atoms with Crippen LogP contribution >= 0.6 is 11.8 Å². The van der Waals surface area contributed by atoms with Crippen LogP contribution < -0.4 is 10.6 Å². The molecule has 4 aromatic rings. The van der Waals surface area contributed by atoms with Crippen molar-refractivity contribution in [2.24, 2.45) is 0 Å². The first-order valence-electron chi connectivity index (χ1n) is 13.0. The molecule has 1 aliphatic heterocycles. The number of aryl methyl sites for hydroxylation is 1. The van der Waals surface area contributed by atoms with Crippen LogP contribution in [0.3, 0.4) is 0 Å². The summed E-state index contributed by atoms with van der Waals surface area (Å²) in [6.07, 6.45) is 1.66. The fourth-order valence-corrected chi connectivity index (χ4v) is 5.30. The number of benzene rings is 4. The number of carbonyl (C=O) groups excluding carboxylic acids is 4. The Labute approximate surface area is 242 Å². The lowest BCUT2D eigenvalue weighted by Gasteiger charge is -2.14. The van der Waals surface area contributed by atoms with Crippen LogP contribution in [0.15, 0.2) is 114 Å². The molecule has 8 heteroatoms. The number of thioether (sulfide) groups is 1. The molecule has 0 radical (unpaired) electrons. The van der Waals surface area contributed by atoms with Gasteiger partial charge in [0.1, 0.15) is 5.70 Å². The normalized spacial score (nSPS) is 12.7. The monoisotopic (exact) mass is 561 g/mol. The highest BCUT2D eigenvalue weighted by Crippen LogP contribution is 2.26. The number of amides is 4. The smallest absolute Gasteiger partial charge is 0.272 e. The molecular formula is C33H27N3O4S. The molecule has 1 aliphatic rings. The number of hydrogen-bond donors (Lipinski definition) is 2. The third kappa shape index (κ3) is 6.45. The van der Waals surface area contributed by atoms with Gasteiger partial charge in [-0.3, -0.25) is 24.1 Å². The molecule has 0 fully saturated rings. The van der Waals surface area contributed by atoms with E-state index in [1.165, 1.54) is 16.7 Å². The molecule has 5 rings (SSSR count). The minimum atomic E-state index is -0.467. The lowest BCUT2D eigenvalue weighted by molar-refractivity contribution is -0.113. The molecule has 41 heavy (non-hydrogen) atoms. The quantitative estimate of drug-likeness (QED) is 0.153. The molecule has 0 aliphatic carbocycles. The van der Waals surface area contributed by atoms with Gasteiger partial charge in [0.15, 0.2) is 0 Å². The summed E-state index contributed by atoms with van der Waals surface area (Å²) in [6.45, 7) is 2.20. The molecule has 4 amide bonds. The Morgan fingerprint density at radius 3 is 2.17 bits per heavy atom. The zero-order chi connectivity index (χ0) is 28.8. The third-order valence-electron chi connectivity index (χ3n) is 6.57. The maximum Gasteiger partial charge on any atom is 0.272 e. The van der Waals surface area contributed by atoms with Gasteiger partial charge in [0.05, 0.1) is 11.1 Å². The van der Waals surface area contributed by atoms with Crippen molar-refractivity contribution in [2.75, 3.05) is 17.6 Å². The lowest BCUT2D eigenvalue weighted by Crippen LogP contribution is -2.31. The number of imide groups is 1. The summed E-state index contributed by atoms with van der Waals surface area (Å²) in [4.78, 5) is 53.7. The second-order valence-electron chi connectivity index (χ2n) is 9.37. The van der Waals surface area contributed by atoms with Gasteiger partial charge in [-0.05, 0) is 66.6 Å². The number of anilines is 1. The van der Waals surface area contributed by atoms with Crippen LogP contribution in [0.1, 0.15) is 42.2 Å². The number of rotatable bonds is 9. The Balaban J connectivity index is 1.27. The largest absolute Gasteiger partial charge is 0.321 e. The van der Waals surface area contributed by atoms with Gasteiger partial charge < -0.3 is 10.6 Å². The van der Waals surface area contributed by atoms with Crippen LogP contribution in [-0.2, 0) is 4.79 Å². The van der Waals surface area contributed by atoms with Gasteiger partial charge in [-0.25, -0.2) is 0 Å². The summed E-state index contributed by atoms with van der Waals surface area (Å²) in [6, 6.07) is 30.4. The van der Waals surface area contributed by atoms with Crippen molar-refractivity contribution >= 4 is 47.2 Å². The van der Waals surface area contributed by atoms with Gasteiger partial charge in [0.25, 0.3) is 23.6 Å². The van der Waals surface area contributed by atoms with Gasteiger partial charge in [0.2, 0.25) is 0 Å². The summed E-state index contributed by atoms with van der Waals surface area (Å²) in [7, 11) is 0. The highest BCUT2D eigenvalue weighted by Gasteiger charge is 2.34. The van der Waals surface area contributed by atoms with E-state index in [2.05, 4.69) is 10.6 Å². The van der Waals surface area contributed by atoms with E-state index in [1.807, 2.05) is 55.5 Å². The first kappa shape index (κ1) is 27.6. The SMILES string of the molecule is Cc1ccccc1/C=C(\NC(=O)c1ccccc1)C(=O)Nc1cccc(SCCN2C(=O)c3ccccc3C2=O)c1. The molecule has 0 spiro atoms. The molecule has 0 saturated heterocycles. The van der Waals surface area contributed by atoms with Gasteiger partial charge in [-0.1, -0.05) is 60.7 Å². The molecule has 2 N–H and O–H groups in total. The summed E-state index contributed by atoms with van der Waals surface area (Å²) in [5.41, 5.74) is 3.73. The molecular weight excluding hydrogens is 534 g/mol. The van der Waals surface area contributed by atoms with Crippen LogP contribution in [0.2, 0.25) is 0 Å². The van der Waals surface area contributed by atoms with Crippen LogP contribution in [0.5, 0.6) is 0 Å². The van der Waals surface area contributed by atoms with E-state index < -0.39 is 11.8 Å². The number of hydrogen-bond acceptors (Lipinski definition) is 5. The summed E-state index contributed by atoms with van der Waals surface area (Å²) in [5.74, 6) is -0.923. The Morgan fingerprint density at radius 1 is 0.805 bits per heavy atom. The minimum absolute atomic E-state index is 0.108. The second-order valence-corrected chi connectivity index (χ2v) is 10.5. The average Bonchev–Trinajstić information content (AvgIpc) is 3.23. The molecule has 0 saturated carbocycles. The van der Waals surface area contributed by atoms with E-state index in [4.69, 9.17) is 0 Å².